The number of carbonyl (C=O) groups is 1. The number of nitrogens with one attached hydrogen (secondary N) is 2. The SMILES string of the molecule is CC1Cc2ccccc2N1Cc1ccoc1C(=O)N[C@H]1CCCNC1.Cl.Cl. The van der Waals surface area contributed by atoms with Crippen LogP contribution in [0, 0.1) is 0 Å². The topological polar surface area (TPSA) is 57.5 Å². The third kappa shape index (κ3) is 4.60. The number of nitrogens with zero attached hydrogens (tertiary/aromatic N) is 1. The fourth-order valence-electron chi connectivity index (χ4n) is 3.94. The molecule has 0 bridgehead atoms. The van der Waals surface area contributed by atoms with Crippen LogP contribution in [0.4, 0.5) is 5.69 Å². The van der Waals surface area contributed by atoms with Gasteiger partial charge in [0.15, 0.2) is 5.76 Å². The van der Waals surface area contributed by atoms with Gasteiger partial charge in [-0.05, 0) is 50.4 Å². The highest BCUT2D eigenvalue weighted by Gasteiger charge is 2.28. The minimum absolute atomic E-state index is 0. The second kappa shape index (κ2) is 9.49. The number of carbonyl (C=O) groups excluding carboxylic acids is 1. The van der Waals surface area contributed by atoms with E-state index in [0.29, 0.717) is 18.3 Å². The maximum Gasteiger partial charge on any atom is 0.287 e. The quantitative estimate of drug-likeness (QED) is 0.807. The van der Waals surface area contributed by atoms with Crippen LogP contribution >= 0.6 is 24.8 Å². The van der Waals surface area contributed by atoms with E-state index in [-0.39, 0.29) is 36.8 Å². The molecule has 2 aliphatic rings. The minimum Gasteiger partial charge on any atom is -0.459 e. The van der Waals surface area contributed by atoms with Crippen LogP contribution in [0.1, 0.15) is 41.4 Å². The van der Waals surface area contributed by atoms with Crippen molar-refractivity contribution in [2.75, 3.05) is 18.0 Å². The number of anilines is 1. The lowest BCUT2D eigenvalue weighted by Crippen LogP contribution is -2.45. The number of furan rings is 1. The van der Waals surface area contributed by atoms with E-state index in [1.54, 1.807) is 6.26 Å². The molecule has 4 rings (SSSR count). The molecule has 0 radical (unpaired) electrons. The Balaban J connectivity index is 0.00000131. The van der Waals surface area contributed by atoms with Crippen molar-refractivity contribution in [3.05, 3.63) is 53.5 Å². The van der Waals surface area contributed by atoms with E-state index in [4.69, 9.17) is 4.42 Å². The van der Waals surface area contributed by atoms with Gasteiger partial charge in [-0.2, -0.15) is 0 Å². The van der Waals surface area contributed by atoms with E-state index < -0.39 is 0 Å². The molecule has 1 saturated heterocycles. The van der Waals surface area contributed by atoms with Crippen molar-refractivity contribution >= 4 is 36.4 Å². The Labute approximate surface area is 172 Å². The smallest absolute Gasteiger partial charge is 0.287 e. The van der Waals surface area contributed by atoms with Crippen molar-refractivity contribution in [1.29, 1.82) is 0 Å². The average Bonchev–Trinajstić information content (AvgIpc) is 3.21. The molecule has 0 spiro atoms. The highest BCUT2D eigenvalue weighted by atomic mass is 35.5. The van der Waals surface area contributed by atoms with Crippen molar-refractivity contribution in [2.24, 2.45) is 0 Å². The molecule has 2 aromatic rings. The summed E-state index contributed by atoms with van der Waals surface area (Å²) in [6.07, 6.45) is 4.78. The Kier molecular flexibility index (Phi) is 7.59. The van der Waals surface area contributed by atoms with Gasteiger partial charge in [-0.1, -0.05) is 18.2 Å². The Bertz CT molecular complexity index is 759. The summed E-state index contributed by atoms with van der Waals surface area (Å²) in [5.74, 6) is 0.344. The van der Waals surface area contributed by atoms with Crippen LogP contribution in [-0.2, 0) is 13.0 Å². The number of benzene rings is 1. The van der Waals surface area contributed by atoms with Gasteiger partial charge >= 0.3 is 0 Å². The fourth-order valence-corrected chi connectivity index (χ4v) is 3.94. The van der Waals surface area contributed by atoms with Crippen LogP contribution in [0.2, 0.25) is 0 Å². The number of hydrogen-bond acceptors (Lipinski definition) is 4. The van der Waals surface area contributed by atoms with E-state index in [0.717, 1.165) is 37.9 Å². The summed E-state index contributed by atoms with van der Waals surface area (Å²) in [7, 11) is 0. The lowest BCUT2D eigenvalue weighted by atomic mass is 10.1. The molecule has 2 aliphatic heterocycles. The van der Waals surface area contributed by atoms with Gasteiger partial charge in [-0.25, -0.2) is 0 Å². The van der Waals surface area contributed by atoms with Gasteiger partial charge < -0.3 is 20.0 Å². The molecule has 5 nitrogen and oxygen atoms in total. The fraction of sp³-hybridized carbons (Fsp3) is 0.450. The second-order valence-corrected chi connectivity index (χ2v) is 7.10. The number of piperidine rings is 1. The van der Waals surface area contributed by atoms with Crippen LogP contribution in [0.3, 0.4) is 0 Å². The van der Waals surface area contributed by atoms with Crippen molar-refractivity contribution in [1.82, 2.24) is 10.6 Å². The normalized spacial score (nSPS) is 21.0. The van der Waals surface area contributed by atoms with Crippen LogP contribution in [0.15, 0.2) is 41.0 Å². The average molecular weight is 412 g/mol. The Morgan fingerprint density at radius 3 is 2.89 bits per heavy atom. The molecule has 27 heavy (non-hydrogen) atoms. The molecule has 2 N–H and O–H groups in total. The summed E-state index contributed by atoms with van der Waals surface area (Å²) in [5, 5.41) is 6.43. The molecule has 2 atom stereocenters. The maximum absolute atomic E-state index is 12.6. The molecule has 7 heteroatoms. The number of halogens is 2. The third-order valence-electron chi connectivity index (χ3n) is 5.27. The maximum atomic E-state index is 12.6. The van der Waals surface area contributed by atoms with Gasteiger partial charge in [0.25, 0.3) is 5.91 Å². The zero-order valence-corrected chi connectivity index (χ0v) is 17.1. The van der Waals surface area contributed by atoms with Crippen LogP contribution in [0.25, 0.3) is 0 Å². The molecule has 1 unspecified atom stereocenters. The Morgan fingerprint density at radius 1 is 1.30 bits per heavy atom. The monoisotopic (exact) mass is 411 g/mol. The van der Waals surface area contributed by atoms with Crippen LogP contribution in [-0.4, -0.2) is 31.1 Å². The largest absolute Gasteiger partial charge is 0.459 e. The zero-order valence-electron chi connectivity index (χ0n) is 15.4. The molecular formula is C20H27Cl2N3O2. The first kappa shape index (κ1) is 21.6. The molecular weight excluding hydrogens is 385 g/mol. The molecule has 0 saturated carbocycles. The van der Waals surface area contributed by atoms with Crippen LogP contribution in [0.5, 0.6) is 0 Å². The summed E-state index contributed by atoms with van der Waals surface area (Å²) >= 11 is 0. The molecule has 1 fully saturated rings. The Morgan fingerprint density at radius 2 is 2.11 bits per heavy atom. The van der Waals surface area contributed by atoms with E-state index >= 15 is 0 Å². The van der Waals surface area contributed by atoms with Crippen LogP contribution < -0.4 is 15.5 Å². The summed E-state index contributed by atoms with van der Waals surface area (Å²) in [4.78, 5) is 15.0. The van der Waals surface area contributed by atoms with E-state index in [9.17, 15) is 4.79 Å². The van der Waals surface area contributed by atoms with E-state index in [1.165, 1.54) is 11.3 Å². The number of fused-ring (bicyclic) bond motifs is 1. The van der Waals surface area contributed by atoms with Gasteiger partial charge in [0.05, 0.1) is 6.26 Å². The molecule has 0 aliphatic carbocycles. The lowest BCUT2D eigenvalue weighted by Gasteiger charge is -2.25. The summed E-state index contributed by atoms with van der Waals surface area (Å²) in [6, 6.07) is 11.0. The first-order valence-electron chi connectivity index (χ1n) is 9.15. The number of rotatable bonds is 4. The van der Waals surface area contributed by atoms with E-state index in [2.05, 4.69) is 46.7 Å². The third-order valence-corrected chi connectivity index (χ3v) is 5.27. The molecule has 3 heterocycles. The molecule has 148 valence electrons. The number of amides is 1. The molecule has 1 aromatic heterocycles. The zero-order chi connectivity index (χ0) is 17.2. The summed E-state index contributed by atoms with van der Waals surface area (Å²) in [6.45, 7) is 4.79. The van der Waals surface area contributed by atoms with Crippen molar-refractivity contribution in [3.8, 4) is 0 Å². The van der Waals surface area contributed by atoms with Crippen molar-refractivity contribution in [3.63, 3.8) is 0 Å². The Hall–Kier alpha value is -1.69. The van der Waals surface area contributed by atoms with Crippen molar-refractivity contribution < 1.29 is 9.21 Å². The van der Waals surface area contributed by atoms with E-state index in [1.807, 2.05) is 6.07 Å². The van der Waals surface area contributed by atoms with Crippen molar-refractivity contribution in [2.45, 2.75) is 44.8 Å². The van der Waals surface area contributed by atoms with Gasteiger partial charge in [0, 0.05) is 36.4 Å². The highest BCUT2D eigenvalue weighted by molar-refractivity contribution is 5.93. The molecule has 1 aromatic carbocycles. The standard InChI is InChI=1S/C20H25N3O2.2ClH/c1-14-11-15-5-2-3-7-18(15)23(14)13-16-8-10-25-19(16)20(24)22-17-6-4-9-21-12-17;;/h2-3,5,7-8,10,14,17,21H,4,6,9,11-13H2,1H3,(H,22,24);2*1H/t14?,17-;;/m0../s1. The number of para-hydroxylation sites is 1. The van der Waals surface area contributed by atoms with Gasteiger partial charge in [-0.15, -0.1) is 24.8 Å². The first-order valence-corrected chi connectivity index (χ1v) is 9.15. The predicted octanol–water partition coefficient (Wildman–Crippen LogP) is 3.56. The van der Waals surface area contributed by atoms with Gasteiger partial charge in [-0.3, -0.25) is 4.79 Å². The van der Waals surface area contributed by atoms with Gasteiger partial charge in [0.1, 0.15) is 0 Å². The minimum atomic E-state index is -0.103. The highest BCUT2D eigenvalue weighted by Crippen LogP contribution is 2.33. The van der Waals surface area contributed by atoms with Gasteiger partial charge in [0.2, 0.25) is 0 Å². The molecule has 1 amide bonds. The first-order chi connectivity index (χ1) is 12.2. The lowest BCUT2D eigenvalue weighted by molar-refractivity contribution is 0.0901. The second-order valence-electron chi connectivity index (χ2n) is 7.10. The summed E-state index contributed by atoms with van der Waals surface area (Å²) < 4.78 is 5.54. The predicted molar refractivity (Wildman–Crippen MR) is 112 cm³/mol. The number of hydrogen-bond donors (Lipinski definition) is 2. The summed E-state index contributed by atoms with van der Waals surface area (Å²) in [5.41, 5.74) is 3.58.